The highest BCUT2D eigenvalue weighted by molar-refractivity contribution is 14.1. The van der Waals surface area contributed by atoms with Crippen LogP contribution in [0.4, 0.5) is 0 Å². The Morgan fingerprint density at radius 3 is 2.51 bits per heavy atom. The molecule has 0 amide bonds. The van der Waals surface area contributed by atoms with Crippen molar-refractivity contribution >= 4 is 46.1 Å². The SMILES string of the molecule is CC(=O)OCC(=O)[C@@]1(OC(=O)c2cccc(I)c2)CC[C@H]2[C@@H]3CCC4=CC(=O)CC[C@]4(C)[C@H]3CC[C@@]21C. The second kappa shape index (κ2) is 9.62. The minimum absolute atomic E-state index is 0.0164. The third-order valence-electron chi connectivity index (χ3n) is 10.3. The highest BCUT2D eigenvalue weighted by Crippen LogP contribution is 2.68. The van der Waals surface area contributed by atoms with Crippen molar-refractivity contribution in [3.63, 3.8) is 0 Å². The molecule has 3 fully saturated rings. The molecule has 0 aliphatic heterocycles. The van der Waals surface area contributed by atoms with Crippen molar-refractivity contribution in [1.82, 2.24) is 0 Å². The summed E-state index contributed by atoms with van der Waals surface area (Å²) in [5.41, 5.74) is -0.156. The van der Waals surface area contributed by atoms with Crippen LogP contribution in [-0.4, -0.2) is 35.7 Å². The second-order valence-corrected chi connectivity index (χ2v) is 13.1. The molecule has 0 N–H and O–H groups in total. The van der Waals surface area contributed by atoms with E-state index in [1.54, 1.807) is 18.2 Å². The lowest BCUT2D eigenvalue weighted by molar-refractivity contribution is -0.170. The van der Waals surface area contributed by atoms with Gasteiger partial charge in [0.25, 0.3) is 0 Å². The first kappa shape index (κ1) is 26.6. The third-order valence-corrected chi connectivity index (χ3v) is 10.9. The van der Waals surface area contributed by atoms with Crippen LogP contribution < -0.4 is 0 Å². The Morgan fingerprint density at radius 1 is 1.03 bits per heavy atom. The number of benzene rings is 1. The molecule has 4 aliphatic carbocycles. The van der Waals surface area contributed by atoms with E-state index in [0.717, 1.165) is 42.1 Å². The summed E-state index contributed by atoms with van der Waals surface area (Å²) in [6.07, 6.45) is 8.18. The second-order valence-electron chi connectivity index (χ2n) is 11.9. The minimum Gasteiger partial charge on any atom is -0.458 e. The average molecular weight is 619 g/mol. The Labute approximate surface area is 232 Å². The Morgan fingerprint density at radius 2 is 1.78 bits per heavy atom. The van der Waals surface area contributed by atoms with Crippen molar-refractivity contribution in [2.75, 3.05) is 6.61 Å². The van der Waals surface area contributed by atoms with E-state index < -0.39 is 29.6 Å². The summed E-state index contributed by atoms with van der Waals surface area (Å²) in [5, 5.41) is 0. The van der Waals surface area contributed by atoms with E-state index in [0.29, 0.717) is 30.2 Å². The fourth-order valence-electron chi connectivity index (χ4n) is 8.36. The highest BCUT2D eigenvalue weighted by atomic mass is 127. The maximum Gasteiger partial charge on any atom is 0.339 e. The fourth-order valence-corrected chi connectivity index (χ4v) is 8.90. The van der Waals surface area contributed by atoms with Gasteiger partial charge in [0.2, 0.25) is 5.78 Å². The summed E-state index contributed by atoms with van der Waals surface area (Å²) in [6, 6.07) is 7.18. The molecule has 0 unspecified atom stereocenters. The fraction of sp³-hybridized carbons (Fsp3) is 0.600. The molecule has 0 spiro atoms. The largest absolute Gasteiger partial charge is 0.458 e. The summed E-state index contributed by atoms with van der Waals surface area (Å²) in [7, 11) is 0. The maximum atomic E-state index is 13.9. The lowest BCUT2D eigenvalue weighted by Gasteiger charge is -2.59. The zero-order valence-corrected chi connectivity index (χ0v) is 24.0. The number of allylic oxidation sites excluding steroid dienone is 1. The van der Waals surface area contributed by atoms with Gasteiger partial charge < -0.3 is 9.47 Å². The van der Waals surface area contributed by atoms with Crippen LogP contribution in [0.15, 0.2) is 35.9 Å². The zero-order chi connectivity index (χ0) is 26.6. The number of Topliss-reactive ketones (excluding diaryl/α,β-unsaturated/α-hetero) is 1. The molecule has 3 saturated carbocycles. The predicted molar refractivity (Wildman–Crippen MR) is 146 cm³/mol. The first-order chi connectivity index (χ1) is 17.5. The van der Waals surface area contributed by atoms with Crippen molar-refractivity contribution in [3.8, 4) is 0 Å². The molecule has 198 valence electrons. The van der Waals surface area contributed by atoms with Gasteiger partial charge in [0, 0.05) is 22.3 Å². The van der Waals surface area contributed by atoms with Crippen molar-refractivity contribution in [2.45, 2.75) is 77.7 Å². The number of hydrogen-bond acceptors (Lipinski definition) is 6. The van der Waals surface area contributed by atoms with Gasteiger partial charge in [-0.25, -0.2) is 4.79 Å². The van der Waals surface area contributed by atoms with E-state index in [1.807, 2.05) is 12.1 Å². The van der Waals surface area contributed by atoms with Gasteiger partial charge in [-0.3, -0.25) is 14.4 Å². The van der Waals surface area contributed by atoms with Crippen molar-refractivity contribution < 1.29 is 28.7 Å². The van der Waals surface area contributed by atoms with Gasteiger partial charge >= 0.3 is 11.9 Å². The molecule has 0 heterocycles. The normalized spacial score (nSPS) is 36.5. The van der Waals surface area contributed by atoms with Crippen LogP contribution in [0.5, 0.6) is 0 Å². The molecule has 0 bridgehead atoms. The summed E-state index contributed by atoms with van der Waals surface area (Å²) in [5.74, 6) is -0.0564. The molecule has 7 heteroatoms. The van der Waals surface area contributed by atoms with Crippen molar-refractivity contribution in [1.29, 1.82) is 0 Å². The van der Waals surface area contributed by atoms with Crippen molar-refractivity contribution in [2.24, 2.45) is 28.6 Å². The number of esters is 2. The van der Waals surface area contributed by atoms with Crippen molar-refractivity contribution in [3.05, 3.63) is 45.0 Å². The van der Waals surface area contributed by atoms with Gasteiger partial charge in [-0.1, -0.05) is 25.5 Å². The van der Waals surface area contributed by atoms with E-state index in [2.05, 4.69) is 36.4 Å². The third kappa shape index (κ3) is 4.29. The lowest BCUT2D eigenvalue weighted by atomic mass is 9.46. The van der Waals surface area contributed by atoms with Gasteiger partial charge in [-0.05, 0) is 115 Å². The summed E-state index contributed by atoms with van der Waals surface area (Å²) < 4.78 is 12.4. The standard InChI is InChI=1S/C30H35IO6/c1-18(32)36-17-26(34)30(37-27(35)19-5-4-6-21(31)15-19)14-11-25-23-8-7-20-16-22(33)9-12-28(20,2)24(23)10-13-29(25,30)3/h4-6,15-16,23-25H,7-14,17H2,1-3H3/t23-,24+,25+,28+,29+,30+/m1/s1. The predicted octanol–water partition coefficient (Wildman–Crippen LogP) is 5.85. The first-order valence-electron chi connectivity index (χ1n) is 13.4. The molecule has 1 aromatic rings. The molecule has 4 aliphatic rings. The molecular weight excluding hydrogens is 583 g/mol. The Hall–Kier alpha value is -2.03. The van der Waals surface area contributed by atoms with E-state index >= 15 is 0 Å². The number of rotatable bonds is 5. The molecule has 0 radical (unpaired) electrons. The molecular formula is C30H35IO6. The van der Waals surface area contributed by atoms with Crippen LogP contribution in [0.3, 0.4) is 0 Å². The smallest absolute Gasteiger partial charge is 0.339 e. The molecule has 37 heavy (non-hydrogen) atoms. The number of hydrogen-bond donors (Lipinski definition) is 0. The van der Waals surface area contributed by atoms with Crippen LogP contribution in [0.2, 0.25) is 0 Å². The van der Waals surface area contributed by atoms with E-state index in [4.69, 9.17) is 9.47 Å². The van der Waals surface area contributed by atoms with Crippen LogP contribution >= 0.6 is 22.6 Å². The average Bonchev–Trinajstić information content (AvgIpc) is 3.16. The summed E-state index contributed by atoms with van der Waals surface area (Å²) in [4.78, 5) is 51.0. The Bertz CT molecular complexity index is 1190. The summed E-state index contributed by atoms with van der Waals surface area (Å²) >= 11 is 2.15. The first-order valence-corrected chi connectivity index (χ1v) is 14.5. The van der Waals surface area contributed by atoms with Gasteiger partial charge in [-0.2, -0.15) is 0 Å². The number of ketones is 2. The quantitative estimate of drug-likeness (QED) is 0.304. The monoisotopic (exact) mass is 618 g/mol. The van der Waals surface area contributed by atoms with Gasteiger partial charge in [0.05, 0.1) is 5.56 Å². The lowest BCUT2D eigenvalue weighted by Crippen LogP contribution is -2.60. The molecule has 6 nitrogen and oxygen atoms in total. The van der Waals surface area contributed by atoms with Crippen LogP contribution in [0, 0.1) is 32.2 Å². The molecule has 0 saturated heterocycles. The Kier molecular flexibility index (Phi) is 6.91. The number of carbonyl (C=O) groups is 4. The van der Waals surface area contributed by atoms with Gasteiger partial charge in [-0.15, -0.1) is 0 Å². The Balaban J connectivity index is 1.49. The molecule has 0 aromatic heterocycles. The molecule has 5 rings (SSSR count). The van der Waals surface area contributed by atoms with Gasteiger partial charge in [0.15, 0.2) is 18.0 Å². The van der Waals surface area contributed by atoms with Crippen LogP contribution in [0.1, 0.15) is 82.5 Å². The summed E-state index contributed by atoms with van der Waals surface area (Å²) in [6.45, 7) is 5.34. The number of carbonyl (C=O) groups excluding carboxylic acids is 4. The van der Waals surface area contributed by atoms with Crippen LogP contribution in [0.25, 0.3) is 0 Å². The molecule has 1 aromatic carbocycles. The highest BCUT2D eigenvalue weighted by Gasteiger charge is 2.68. The van der Waals surface area contributed by atoms with Crippen LogP contribution in [-0.2, 0) is 23.9 Å². The number of ether oxygens (including phenoxy) is 2. The zero-order valence-electron chi connectivity index (χ0n) is 21.8. The minimum atomic E-state index is -1.34. The topological polar surface area (TPSA) is 86.7 Å². The van der Waals surface area contributed by atoms with Gasteiger partial charge in [0.1, 0.15) is 0 Å². The molecule has 6 atom stereocenters. The van der Waals surface area contributed by atoms with E-state index in [9.17, 15) is 19.2 Å². The van der Waals surface area contributed by atoms with E-state index in [1.165, 1.54) is 12.5 Å². The van der Waals surface area contributed by atoms with E-state index in [-0.39, 0.29) is 22.9 Å². The maximum absolute atomic E-state index is 13.9. The number of fused-ring (bicyclic) bond motifs is 5. The number of halogens is 1.